The Labute approximate surface area is 214 Å². The number of carbonyl (C=O) groups is 4. The first-order valence-electron chi connectivity index (χ1n) is 11.8. The number of nitrogens with one attached hydrogen (secondary N) is 2. The molecule has 36 heavy (non-hydrogen) atoms. The van der Waals surface area contributed by atoms with Gasteiger partial charge in [0.2, 0.25) is 18.1 Å². The van der Waals surface area contributed by atoms with Crippen LogP contribution in [0.5, 0.6) is 5.75 Å². The van der Waals surface area contributed by atoms with Gasteiger partial charge in [0, 0.05) is 32.2 Å². The number of aliphatic hydroxyl groups is 1. The minimum Gasteiger partial charge on any atom is -0.479 e. The number of hydrogen-bond acceptors (Lipinski definition) is 9. The van der Waals surface area contributed by atoms with Crippen molar-refractivity contribution in [2.24, 2.45) is 0 Å². The molecule has 4 N–H and O–H groups in total. The number of amides is 2. The maximum Gasteiger partial charge on any atom is 0.333 e. The van der Waals surface area contributed by atoms with Gasteiger partial charge < -0.3 is 35.1 Å². The SMILES string of the molecule is CSCCCCCC(=O)NCCC(=O)Nc1cc(COC=O)ccc1OC1CC(O)CC(C(=O)O)O1. The number of carboxylic acid groups (broad SMARTS) is 1. The molecule has 0 radical (unpaired) electrons. The van der Waals surface area contributed by atoms with Crippen LogP contribution in [0.4, 0.5) is 5.69 Å². The molecular weight excluding hydrogens is 492 g/mol. The number of ether oxygens (including phenoxy) is 3. The van der Waals surface area contributed by atoms with Gasteiger partial charge in [-0.05, 0) is 42.5 Å². The Bertz CT molecular complexity index is 883. The van der Waals surface area contributed by atoms with Crippen LogP contribution >= 0.6 is 11.8 Å². The fraction of sp³-hybridized carbons (Fsp3) is 0.583. The quantitative estimate of drug-likeness (QED) is 0.185. The van der Waals surface area contributed by atoms with E-state index in [0.717, 1.165) is 25.0 Å². The predicted octanol–water partition coefficient (Wildman–Crippen LogP) is 2.06. The average Bonchev–Trinajstić information content (AvgIpc) is 2.83. The van der Waals surface area contributed by atoms with E-state index in [-0.39, 0.29) is 55.7 Å². The van der Waals surface area contributed by atoms with Gasteiger partial charge >= 0.3 is 5.97 Å². The van der Waals surface area contributed by atoms with Crippen LogP contribution in [0.2, 0.25) is 0 Å². The van der Waals surface area contributed by atoms with Gasteiger partial charge in [-0.15, -0.1) is 0 Å². The van der Waals surface area contributed by atoms with Gasteiger partial charge in [0.15, 0.2) is 6.10 Å². The molecule has 12 heteroatoms. The highest BCUT2D eigenvalue weighted by Gasteiger charge is 2.34. The third kappa shape index (κ3) is 10.8. The fourth-order valence-electron chi connectivity index (χ4n) is 3.56. The van der Waals surface area contributed by atoms with E-state index in [1.165, 1.54) is 6.07 Å². The summed E-state index contributed by atoms with van der Waals surface area (Å²) in [6.45, 7) is 0.439. The van der Waals surface area contributed by atoms with E-state index >= 15 is 0 Å². The second kappa shape index (κ2) is 16.0. The molecule has 1 saturated heterocycles. The maximum absolute atomic E-state index is 12.5. The molecule has 0 saturated carbocycles. The average molecular weight is 527 g/mol. The third-order valence-electron chi connectivity index (χ3n) is 5.36. The standard InChI is InChI=1S/C24H34N2O9S/c1-36-10-4-2-3-5-21(29)25-9-8-22(30)26-18-11-16(14-33-15-27)6-7-19(18)34-23-13-17(28)12-20(35-23)24(31)32/h6-7,11,15,17,20,23,28H,2-5,8-10,12-14H2,1H3,(H,25,29)(H,26,30)(H,31,32). The minimum absolute atomic E-state index is 0.0203. The topological polar surface area (TPSA) is 160 Å². The number of benzene rings is 1. The van der Waals surface area contributed by atoms with Crippen molar-refractivity contribution in [3.63, 3.8) is 0 Å². The molecule has 1 heterocycles. The van der Waals surface area contributed by atoms with Gasteiger partial charge in [-0.25, -0.2) is 4.79 Å². The van der Waals surface area contributed by atoms with Crippen LogP contribution in [0.3, 0.4) is 0 Å². The summed E-state index contributed by atoms with van der Waals surface area (Å²) in [6.07, 6.45) is 2.16. The Morgan fingerprint density at radius 2 is 1.97 bits per heavy atom. The number of carboxylic acids is 1. The zero-order valence-corrected chi connectivity index (χ0v) is 21.1. The van der Waals surface area contributed by atoms with Crippen molar-refractivity contribution < 1.29 is 43.6 Å². The number of unbranched alkanes of at least 4 members (excludes halogenated alkanes) is 2. The lowest BCUT2D eigenvalue weighted by Crippen LogP contribution is -2.42. The summed E-state index contributed by atoms with van der Waals surface area (Å²) in [4.78, 5) is 46.3. The number of aliphatic carboxylic acids is 1. The zero-order chi connectivity index (χ0) is 26.3. The van der Waals surface area contributed by atoms with Gasteiger partial charge in [0.1, 0.15) is 12.4 Å². The number of rotatable bonds is 16. The number of carbonyl (C=O) groups excluding carboxylic acids is 3. The van der Waals surface area contributed by atoms with E-state index in [9.17, 15) is 29.4 Å². The van der Waals surface area contributed by atoms with Crippen molar-refractivity contribution in [2.75, 3.05) is 23.9 Å². The van der Waals surface area contributed by atoms with Gasteiger partial charge in [0.05, 0.1) is 11.8 Å². The van der Waals surface area contributed by atoms with Crippen molar-refractivity contribution >= 4 is 41.7 Å². The van der Waals surface area contributed by atoms with Crippen LogP contribution < -0.4 is 15.4 Å². The van der Waals surface area contributed by atoms with E-state index in [2.05, 4.69) is 10.6 Å². The van der Waals surface area contributed by atoms with E-state index < -0.39 is 24.5 Å². The Hall–Kier alpha value is -2.83. The Kier molecular flexibility index (Phi) is 13.1. The molecule has 0 bridgehead atoms. The number of thioether (sulfide) groups is 1. The lowest BCUT2D eigenvalue weighted by Gasteiger charge is -2.31. The number of hydrogen-bond donors (Lipinski definition) is 4. The van der Waals surface area contributed by atoms with Crippen LogP contribution in [0.15, 0.2) is 18.2 Å². The van der Waals surface area contributed by atoms with Crippen molar-refractivity contribution in [2.45, 2.75) is 70.1 Å². The van der Waals surface area contributed by atoms with Crippen LogP contribution in [-0.4, -0.2) is 71.5 Å². The first-order chi connectivity index (χ1) is 17.3. The van der Waals surface area contributed by atoms with Crippen molar-refractivity contribution in [1.82, 2.24) is 5.32 Å². The molecule has 1 aliphatic rings. The summed E-state index contributed by atoms with van der Waals surface area (Å²) in [5.74, 6) is -0.440. The van der Waals surface area contributed by atoms with E-state index in [4.69, 9.17) is 14.2 Å². The van der Waals surface area contributed by atoms with Gasteiger partial charge in [-0.3, -0.25) is 14.4 Å². The molecule has 2 amide bonds. The minimum atomic E-state index is -1.22. The molecule has 1 aliphatic heterocycles. The van der Waals surface area contributed by atoms with Crippen LogP contribution in [0, 0.1) is 0 Å². The molecule has 1 fully saturated rings. The monoisotopic (exact) mass is 526 g/mol. The molecule has 11 nitrogen and oxygen atoms in total. The summed E-state index contributed by atoms with van der Waals surface area (Å²) < 4.78 is 15.9. The largest absolute Gasteiger partial charge is 0.479 e. The van der Waals surface area contributed by atoms with Crippen molar-refractivity contribution in [1.29, 1.82) is 0 Å². The molecular formula is C24H34N2O9S. The normalized spacial score (nSPS) is 19.2. The first kappa shape index (κ1) is 29.4. The second-order valence-corrected chi connectivity index (χ2v) is 9.31. The Morgan fingerprint density at radius 1 is 1.17 bits per heavy atom. The van der Waals surface area contributed by atoms with E-state index in [1.54, 1.807) is 23.9 Å². The summed E-state index contributed by atoms with van der Waals surface area (Å²) in [5.41, 5.74) is 0.829. The fourth-order valence-corrected chi connectivity index (χ4v) is 4.05. The zero-order valence-electron chi connectivity index (χ0n) is 20.3. The molecule has 0 spiro atoms. The van der Waals surface area contributed by atoms with Crippen molar-refractivity contribution in [3.05, 3.63) is 23.8 Å². The molecule has 200 valence electrons. The van der Waals surface area contributed by atoms with Crippen LogP contribution in [-0.2, 0) is 35.3 Å². The highest BCUT2D eigenvalue weighted by Crippen LogP contribution is 2.30. The molecule has 0 aliphatic carbocycles. The second-order valence-electron chi connectivity index (χ2n) is 8.32. The molecule has 1 aromatic carbocycles. The summed E-state index contributed by atoms with van der Waals surface area (Å²) in [7, 11) is 0. The summed E-state index contributed by atoms with van der Waals surface area (Å²) in [5, 5.41) is 24.6. The van der Waals surface area contributed by atoms with Crippen LogP contribution in [0.25, 0.3) is 0 Å². The lowest BCUT2D eigenvalue weighted by atomic mass is 10.1. The molecule has 3 atom stereocenters. The smallest absolute Gasteiger partial charge is 0.333 e. The highest BCUT2D eigenvalue weighted by atomic mass is 32.2. The molecule has 1 aromatic rings. The van der Waals surface area contributed by atoms with Gasteiger partial charge in [0.25, 0.3) is 6.47 Å². The molecule has 2 rings (SSSR count). The predicted molar refractivity (Wildman–Crippen MR) is 133 cm³/mol. The molecule has 0 aromatic heterocycles. The Balaban J connectivity index is 1.95. The van der Waals surface area contributed by atoms with Crippen molar-refractivity contribution in [3.8, 4) is 5.75 Å². The number of aliphatic hydroxyl groups excluding tert-OH is 1. The maximum atomic E-state index is 12.5. The molecule has 3 unspecified atom stereocenters. The first-order valence-corrected chi connectivity index (χ1v) is 13.2. The number of anilines is 1. The van der Waals surface area contributed by atoms with Gasteiger partial charge in [-0.2, -0.15) is 11.8 Å². The van der Waals surface area contributed by atoms with E-state index in [1.807, 2.05) is 6.26 Å². The Morgan fingerprint density at radius 3 is 2.69 bits per heavy atom. The van der Waals surface area contributed by atoms with Crippen LogP contribution in [0.1, 0.15) is 50.5 Å². The van der Waals surface area contributed by atoms with Gasteiger partial charge in [-0.1, -0.05) is 12.5 Å². The lowest BCUT2D eigenvalue weighted by molar-refractivity contribution is -0.195. The highest BCUT2D eigenvalue weighted by molar-refractivity contribution is 7.98. The summed E-state index contributed by atoms with van der Waals surface area (Å²) >= 11 is 1.78. The van der Waals surface area contributed by atoms with E-state index in [0.29, 0.717) is 18.5 Å². The third-order valence-corrected chi connectivity index (χ3v) is 6.06. The summed E-state index contributed by atoms with van der Waals surface area (Å²) in [6, 6.07) is 4.69.